The minimum absolute atomic E-state index is 0.0163. The molecule has 1 N–H and O–H groups in total. The molecule has 4 nitrogen and oxygen atoms in total. The summed E-state index contributed by atoms with van der Waals surface area (Å²) in [6.07, 6.45) is 0.925. The molecule has 0 radical (unpaired) electrons. The van der Waals surface area contributed by atoms with Gasteiger partial charge >= 0.3 is 0 Å². The molecule has 114 valence electrons. The first kappa shape index (κ1) is 16.2. The van der Waals surface area contributed by atoms with Crippen LogP contribution in [0.4, 0.5) is 4.39 Å². The van der Waals surface area contributed by atoms with E-state index in [0.717, 1.165) is 11.3 Å². The number of hydrogen-bond acceptors (Lipinski definition) is 2. The Hall–Kier alpha value is -1.14. The lowest BCUT2D eigenvalue weighted by Crippen LogP contribution is -2.24. The number of amides is 1. The second-order valence-electron chi connectivity index (χ2n) is 4.58. The van der Waals surface area contributed by atoms with Crippen LogP contribution in [0.25, 0.3) is 11.0 Å². The average molecular weight is 377 g/mol. The lowest BCUT2D eigenvalue weighted by atomic mass is 10.3. The molecule has 2 aromatic rings. The molecule has 0 saturated heterocycles. The maximum atomic E-state index is 13.6. The summed E-state index contributed by atoms with van der Waals surface area (Å²) in [5, 5.41) is 2.76. The highest BCUT2D eigenvalue weighted by atomic mass is 79.9. The highest BCUT2D eigenvalue weighted by molar-refractivity contribution is 9.10. The van der Waals surface area contributed by atoms with Gasteiger partial charge in [0.2, 0.25) is 5.91 Å². The van der Waals surface area contributed by atoms with Crippen molar-refractivity contribution in [3.63, 3.8) is 0 Å². The molecule has 1 aromatic heterocycles. The van der Waals surface area contributed by atoms with Crippen LogP contribution in [0.1, 0.15) is 19.2 Å². The van der Waals surface area contributed by atoms with Crippen LogP contribution in [-0.4, -0.2) is 27.9 Å². The Balaban J connectivity index is 2.36. The van der Waals surface area contributed by atoms with Crippen molar-refractivity contribution < 1.29 is 9.18 Å². The predicted octanol–water partition coefficient (Wildman–Crippen LogP) is 3.25. The number of rotatable bonds is 6. The molecule has 0 aliphatic carbocycles. The van der Waals surface area contributed by atoms with Gasteiger partial charge in [0.25, 0.3) is 0 Å². The topological polar surface area (TPSA) is 46.9 Å². The van der Waals surface area contributed by atoms with Gasteiger partial charge in [-0.25, -0.2) is 9.37 Å². The number of nitrogens with one attached hydrogen (secondary N) is 1. The molecule has 0 fully saturated rings. The zero-order valence-corrected chi connectivity index (χ0v) is 14.0. The zero-order chi connectivity index (χ0) is 15.4. The number of aromatic nitrogens is 2. The number of fused-ring (bicyclic) bond motifs is 1. The van der Waals surface area contributed by atoms with Crippen LogP contribution in [0.3, 0.4) is 0 Å². The molecular weight excluding hydrogens is 361 g/mol. The van der Waals surface area contributed by atoms with Crippen molar-refractivity contribution >= 4 is 44.5 Å². The molecule has 1 amide bonds. The highest BCUT2D eigenvalue weighted by Crippen LogP contribution is 2.25. The third-order valence-corrected chi connectivity index (χ3v) is 3.92. The second kappa shape index (κ2) is 7.22. The summed E-state index contributed by atoms with van der Waals surface area (Å²) in [5.74, 6) is 0.821. The van der Waals surface area contributed by atoms with E-state index in [4.69, 9.17) is 11.6 Å². The molecule has 0 aliphatic rings. The van der Waals surface area contributed by atoms with Crippen LogP contribution in [0, 0.1) is 5.82 Å². The van der Waals surface area contributed by atoms with Crippen LogP contribution in [0.2, 0.25) is 0 Å². The van der Waals surface area contributed by atoms with Gasteiger partial charge in [0, 0.05) is 37.9 Å². The number of imidazole rings is 1. The van der Waals surface area contributed by atoms with Gasteiger partial charge in [-0.15, -0.1) is 11.6 Å². The van der Waals surface area contributed by atoms with Crippen molar-refractivity contribution in [3.05, 3.63) is 28.2 Å². The molecule has 1 aromatic carbocycles. The Labute approximate surface area is 135 Å². The maximum Gasteiger partial charge on any atom is 0.221 e. The monoisotopic (exact) mass is 375 g/mol. The summed E-state index contributed by atoms with van der Waals surface area (Å²) in [4.78, 5) is 16.0. The van der Waals surface area contributed by atoms with Crippen LogP contribution in [0.15, 0.2) is 16.6 Å². The van der Waals surface area contributed by atoms with Crippen molar-refractivity contribution in [1.82, 2.24) is 14.9 Å². The number of halogens is 3. The first-order valence-electron chi connectivity index (χ1n) is 6.73. The molecule has 0 aliphatic heterocycles. The lowest BCUT2D eigenvalue weighted by Gasteiger charge is -2.09. The van der Waals surface area contributed by atoms with Gasteiger partial charge in [0.05, 0.1) is 15.5 Å². The third-order valence-electron chi connectivity index (χ3n) is 3.12. The normalized spacial score (nSPS) is 11.0. The minimum atomic E-state index is -0.353. The minimum Gasteiger partial charge on any atom is -0.356 e. The Kier molecular flexibility index (Phi) is 5.58. The van der Waals surface area contributed by atoms with Crippen molar-refractivity contribution in [1.29, 1.82) is 0 Å². The summed E-state index contributed by atoms with van der Waals surface area (Å²) in [7, 11) is 0. The van der Waals surface area contributed by atoms with Gasteiger partial charge < -0.3 is 9.88 Å². The summed E-state index contributed by atoms with van der Waals surface area (Å²) in [6.45, 7) is 2.98. The van der Waals surface area contributed by atoms with E-state index in [1.807, 2.05) is 11.5 Å². The number of carbonyl (C=O) groups excluding carboxylic acids is 1. The highest BCUT2D eigenvalue weighted by Gasteiger charge is 2.14. The number of benzene rings is 1. The number of alkyl halides is 1. The Morgan fingerprint density at radius 3 is 2.95 bits per heavy atom. The first-order chi connectivity index (χ1) is 10.1. The molecule has 0 unspecified atom stereocenters. The van der Waals surface area contributed by atoms with E-state index >= 15 is 0 Å². The van der Waals surface area contributed by atoms with E-state index in [9.17, 15) is 9.18 Å². The lowest BCUT2D eigenvalue weighted by molar-refractivity contribution is -0.121. The smallest absolute Gasteiger partial charge is 0.221 e. The van der Waals surface area contributed by atoms with E-state index < -0.39 is 0 Å². The van der Waals surface area contributed by atoms with Gasteiger partial charge in [-0.2, -0.15) is 0 Å². The molecule has 0 bridgehead atoms. The average Bonchev–Trinajstić information content (AvgIpc) is 2.75. The van der Waals surface area contributed by atoms with Crippen molar-refractivity contribution in [2.45, 2.75) is 26.3 Å². The largest absolute Gasteiger partial charge is 0.356 e. The summed E-state index contributed by atoms with van der Waals surface area (Å²) in [5.41, 5.74) is 1.37. The number of aryl methyl sites for hydroxylation is 2. The second-order valence-corrected chi connectivity index (χ2v) is 5.81. The van der Waals surface area contributed by atoms with Crippen LogP contribution in [0.5, 0.6) is 0 Å². The SMILES string of the molecule is CCNC(=O)CCn1c(CCCl)nc2cc(F)c(Br)cc21. The predicted molar refractivity (Wildman–Crippen MR) is 85.1 cm³/mol. The summed E-state index contributed by atoms with van der Waals surface area (Å²) < 4.78 is 15.9. The Morgan fingerprint density at radius 1 is 1.52 bits per heavy atom. The Morgan fingerprint density at radius 2 is 2.29 bits per heavy atom. The molecule has 0 spiro atoms. The standard InChI is InChI=1S/C14H16BrClFN3O/c1-2-18-14(21)4-6-20-12-7-9(15)10(17)8-11(12)19-13(20)3-5-16/h7-8H,2-6H2,1H3,(H,18,21). The van der Waals surface area contributed by atoms with E-state index in [1.165, 1.54) is 6.07 Å². The molecule has 1 heterocycles. The number of hydrogen-bond donors (Lipinski definition) is 1. The molecule has 0 saturated carbocycles. The van der Waals surface area contributed by atoms with Crippen LogP contribution >= 0.6 is 27.5 Å². The van der Waals surface area contributed by atoms with Crippen LogP contribution in [-0.2, 0) is 17.8 Å². The van der Waals surface area contributed by atoms with E-state index in [-0.39, 0.29) is 11.7 Å². The number of nitrogens with zero attached hydrogens (tertiary/aromatic N) is 2. The van der Waals surface area contributed by atoms with Crippen molar-refractivity contribution in [2.75, 3.05) is 12.4 Å². The van der Waals surface area contributed by atoms with Gasteiger partial charge in [-0.1, -0.05) is 0 Å². The quantitative estimate of drug-likeness (QED) is 0.787. The summed E-state index contributed by atoms with van der Waals surface area (Å²) >= 11 is 8.98. The molecule has 21 heavy (non-hydrogen) atoms. The zero-order valence-electron chi connectivity index (χ0n) is 11.6. The van der Waals surface area contributed by atoms with Gasteiger partial charge in [0.1, 0.15) is 11.6 Å². The van der Waals surface area contributed by atoms with E-state index in [2.05, 4.69) is 26.2 Å². The van der Waals surface area contributed by atoms with E-state index in [1.54, 1.807) is 6.07 Å². The third kappa shape index (κ3) is 3.74. The first-order valence-corrected chi connectivity index (χ1v) is 8.06. The summed E-state index contributed by atoms with van der Waals surface area (Å²) in [6, 6.07) is 3.08. The molecular formula is C14H16BrClFN3O. The van der Waals surface area contributed by atoms with Gasteiger partial charge in [-0.3, -0.25) is 4.79 Å². The maximum absolute atomic E-state index is 13.6. The van der Waals surface area contributed by atoms with Crippen molar-refractivity contribution in [2.24, 2.45) is 0 Å². The van der Waals surface area contributed by atoms with E-state index in [0.29, 0.717) is 41.8 Å². The fourth-order valence-corrected chi connectivity index (χ4v) is 2.69. The number of carbonyl (C=O) groups is 1. The fraction of sp³-hybridized carbons (Fsp3) is 0.429. The molecule has 2 rings (SSSR count). The Bertz CT molecular complexity index is 659. The molecule has 7 heteroatoms. The fourth-order valence-electron chi connectivity index (χ4n) is 2.19. The molecule has 0 atom stereocenters. The van der Waals surface area contributed by atoms with Gasteiger partial charge in [-0.05, 0) is 28.9 Å². The van der Waals surface area contributed by atoms with Crippen LogP contribution < -0.4 is 5.32 Å². The van der Waals surface area contributed by atoms with Crippen molar-refractivity contribution in [3.8, 4) is 0 Å². The van der Waals surface area contributed by atoms with Gasteiger partial charge in [0.15, 0.2) is 0 Å².